The molecule has 0 saturated carbocycles. The molecule has 5 heterocycles. The molecule has 3 atom stereocenters. The van der Waals surface area contributed by atoms with Crippen LogP contribution >= 0.6 is 11.8 Å². The highest BCUT2D eigenvalue weighted by Crippen LogP contribution is 2.47. The molecule has 7 rings (SSSR count). The van der Waals surface area contributed by atoms with E-state index in [1.54, 1.807) is 22.6 Å². The summed E-state index contributed by atoms with van der Waals surface area (Å²) in [5.41, 5.74) is 4.30. The van der Waals surface area contributed by atoms with E-state index < -0.39 is 0 Å². The lowest BCUT2D eigenvalue weighted by Gasteiger charge is -2.45. The van der Waals surface area contributed by atoms with E-state index in [2.05, 4.69) is 34.5 Å². The van der Waals surface area contributed by atoms with Gasteiger partial charge in [-0.05, 0) is 70.1 Å². The summed E-state index contributed by atoms with van der Waals surface area (Å²) in [6.45, 7) is 13.8. The van der Waals surface area contributed by atoms with E-state index in [0.717, 1.165) is 63.4 Å². The maximum absolute atomic E-state index is 14.8. The van der Waals surface area contributed by atoms with Crippen molar-refractivity contribution in [2.45, 2.75) is 50.2 Å². The van der Waals surface area contributed by atoms with Crippen molar-refractivity contribution in [2.24, 2.45) is 7.05 Å². The Bertz CT molecular complexity index is 1850. The molecule has 2 aromatic heterocycles. The third-order valence-electron chi connectivity index (χ3n) is 9.31. The Labute approximate surface area is 253 Å². The summed E-state index contributed by atoms with van der Waals surface area (Å²) >= 11 is 1.78. The van der Waals surface area contributed by atoms with Crippen LogP contribution in [0.2, 0.25) is 0 Å². The molecule has 0 N–H and O–H groups in total. The number of anilines is 1. The third kappa shape index (κ3) is 4.38. The first-order valence-corrected chi connectivity index (χ1v) is 15.9. The Kier molecular flexibility index (Phi) is 6.85. The van der Waals surface area contributed by atoms with Crippen molar-refractivity contribution in [1.29, 1.82) is 0 Å². The van der Waals surface area contributed by atoms with Gasteiger partial charge in [0.25, 0.3) is 0 Å². The van der Waals surface area contributed by atoms with Crippen LogP contribution in [0.5, 0.6) is 0 Å². The van der Waals surface area contributed by atoms with Crippen LogP contribution in [0.25, 0.3) is 32.9 Å². The Hall–Kier alpha value is -3.70. The van der Waals surface area contributed by atoms with Gasteiger partial charge in [-0.15, -0.1) is 11.8 Å². The molecule has 2 fully saturated rings. The fourth-order valence-corrected chi connectivity index (χ4v) is 8.66. The lowest BCUT2D eigenvalue weighted by Crippen LogP contribution is -2.58. The van der Waals surface area contributed by atoms with E-state index in [-0.39, 0.29) is 35.5 Å². The Morgan fingerprint density at radius 3 is 2.58 bits per heavy atom. The van der Waals surface area contributed by atoms with Gasteiger partial charge in [0.05, 0.1) is 28.7 Å². The van der Waals surface area contributed by atoms with E-state index in [4.69, 9.17) is 4.98 Å². The molecular weight excluding hydrogens is 565 g/mol. The average Bonchev–Trinajstić information content (AvgIpc) is 3.35. The number of piperazine rings is 1. The minimum absolute atomic E-state index is 0.00486. The summed E-state index contributed by atoms with van der Waals surface area (Å²) in [6, 6.07) is 5.32. The monoisotopic (exact) mass is 601 g/mol. The highest BCUT2D eigenvalue weighted by molar-refractivity contribution is 7.99. The zero-order valence-electron chi connectivity index (χ0n) is 25.0. The molecule has 2 saturated heterocycles. The van der Waals surface area contributed by atoms with Gasteiger partial charge in [0.2, 0.25) is 5.91 Å². The molecule has 0 radical (unpaired) electrons. The Morgan fingerprint density at radius 1 is 1.16 bits per heavy atom. The van der Waals surface area contributed by atoms with Gasteiger partial charge in [-0.2, -0.15) is 10.1 Å². The fraction of sp³-hybridized carbons (Fsp3) is 0.438. The molecule has 3 aliphatic rings. The summed E-state index contributed by atoms with van der Waals surface area (Å²) in [5.74, 6) is 1.02. The highest BCUT2D eigenvalue weighted by Gasteiger charge is 2.36. The van der Waals surface area contributed by atoms with Crippen LogP contribution in [0.15, 0.2) is 46.7 Å². The van der Waals surface area contributed by atoms with Crippen molar-refractivity contribution >= 4 is 45.3 Å². The van der Waals surface area contributed by atoms with Gasteiger partial charge in [-0.3, -0.25) is 14.0 Å². The molecule has 43 heavy (non-hydrogen) atoms. The van der Waals surface area contributed by atoms with E-state index in [9.17, 15) is 14.0 Å². The van der Waals surface area contributed by atoms with Crippen LogP contribution in [-0.4, -0.2) is 85.6 Å². The maximum Gasteiger partial charge on any atom is 0.350 e. The van der Waals surface area contributed by atoms with E-state index in [0.29, 0.717) is 24.3 Å². The number of benzene rings is 2. The second-order valence-electron chi connectivity index (χ2n) is 12.2. The SMILES string of the molecule is C=CC(=O)N1[C@H](C)CN(c2nc(=O)n3c4c(c(-c5ccc(F)c6cnn(C)c56)c(C)cc24)SCC3CN2CCC2)C[C@@H]1C. The van der Waals surface area contributed by atoms with Gasteiger partial charge in [-0.25, -0.2) is 9.18 Å². The number of hydrogen-bond donors (Lipinski definition) is 0. The molecule has 9 nitrogen and oxygen atoms in total. The van der Waals surface area contributed by atoms with Gasteiger partial charge < -0.3 is 14.7 Å². The number of thioether (sulfide) groups is 1. The van der Waals surface area contributed by atoms with Crippen LogP contribution in [0.3, 0.4) is 0 Å². The third-order valence-corrected chi connectivity index (χ3v) is 10.5. The lowest BCUT2D eigenvalue weighted by atomic mass is 9.95. The number of hydrogen-bond acceptors (Lipinski definition) is 7. The number of rotatable bonds is 5. The molecule has 224 valence electrons. The summed E-state index contributed by atoms with van der Waals surface area (Å²) < 4.78 is 18.5. The van der Waals surface area contributed by atoms with Gasteiger partial charge in [0, 0.05) is 65.9 Å². The van der Waals surface area contributed by atoms with E-state index in [1.165, 1.54) is 18.6 Å². The standard InChI is InChI=1S/C32H36FN7O2S/c1-6-26(41)39-19(3)14-38(15-20(39)4)31-23-12-18(2)27(22-8-9-25(33)24-13-34-36(5)28(22)24)30-29(23)40(32(42)35-31)21(17-43-30)16-37-10-7-11-37/h6,8-9,12-13,19-21H,1,7,10-11,14-17H2,2-5H3/t19-,20+,21?. The van der Waals surface area contributed by atoms with Gasteiger partial charge >= 0.3 is 5.69 Å². The average molecular weight is 602 g/mol. The largest absolute Gasteiger partial charge is 0.352 e. The van der Waals surface area contributed by atoms with Crippen LogP contribution < -0.4 is 10.6 Å². The molecule has 0 aliphatic carbocycles. The lowest BCUT2D eigenvalue weighted by molar-refractivity contribution is -0.130. The first-order valence-electron chi connectivity index (χ1n) is 14.9. The van der Waals surface area contributed by atoms with Crippen LogP contribution in [0.1, 0.15) is 31.9 Å². The number of carbonyl (C=O) groups excluding carboxylic acids is 1. The molecular formula is C32H36FN7O2S. The first kappa shape index (κ1) is 28.1. The number of amides is 1. The number of carbonyl (C=O) groups is 1. The van der Waals surface area contributed by atoms with Crippen LogP contribution in [0.4, 0.5) is 10.2 Å². The topological polar surface area (TPSA) is 79.5 Å². The molecule has 11 heteroatoms. The minimum atomic E-state index is -0.304. The fourth-order valence-electron chi connectivity index (χ4n) is 7.29. The molecule has 3 aliphatic heterocycles. The summed E-state index contributed by atoms with van der Waals surface area (Å²) in [7, 11) is 1.83. The molecule has 4 aromatic rings. The number of nitrogens with zero attached hydrogens (tertiary/aromatic N) is 7. The van der Waals surface area contributed by atoms with Crippen molar-refractivity contribution < 1.29 is 9.18 Å². The van der Waals surface area contributed by atoms with Crippen LogP contribution in [0, 0.1) is 12.7 Å². The predicted molar refractivity (Wildman–Crippen MR) is 169 cm³/mol. The number of aromatic nitrogens is 4. The van der Waals surface area contributed by atoms with Crippen molar-refractivity contribution in [3.63, 3.8) is 0 Å². The molecule has 0 spiro atoms. The highest BCUT2D eigenvalue weighted by atomic mass is 32.2. The predicted octanol–water partition coefficient (Wildman–Crippen LogP) is 4.36. The molecule has 2 aromatic carbocycles. The van der Waals surface area contributed by atoms with Crippen molar-refractivity contribution in [3.8, 4) is 11.1 Å². The van der Waals surface area contributed by atoms with Crippen molar-refractivity contribution in [1.82, 2.24) is 29.1 Å². The second kappa shape index (κ2) is 10.5. The maximum atomic E-state index is 14.8. The normalized spacial score (nSPS) is 22.3. The summed E-state index contributed by atoms with van der Waals surface area (Å²) in [5, 5.41) is 5.78. The number of likely N-dealkylation sites (tertiary alicyclic amines) is 1. The number of halogens is 1. The molecule has 1 amide bonds. The van der Waals surface area contributed by atoms with Gasteiger partial charge in [0.1, 0.15) is 11.6 Å². The van der Waals surface area contributed by atoms with Gasteiger partial charge in [-0.1, -0.05) is 6.58 Å². The second-order valence-corrected chi connectivity index (χ2v) is 13.2. The van der Waals surface area contributed by atoms with E-state index in [1.807, 2.05) is 36.4 Å². The Balaban J connectivity index is 1.46. The van der Waals surface area contributed by atoms with E-state index >= 15 is 0 Å². The zero-order chi connectivity index (χ0) is 30.2. The smallest absolute Gasteiger partial charge is 0.350 e. The number of aryl methyl sites for hydroxylation is 2. The molecule has 1 unspecified atom stereocenters. The van der Waals surface area contributed by atoms with Gasteiger partial charge in [0.15, 0.2) is 0 Å². The zero-order valence-corrected chi connectivity index (χ0v) is 25.8. The number of fused-ring (bicyclic) bond motifs is 1. The van der Waals surface area contributed by atoms with Crippen LogP contribution in [-0.2, 0) is 11.8 Å². The summed E-state index contributed by atoms with van der Waals surface area (Å²) in [6.07, 6.45) is 4.12. The quantitative estimate of drug-likeness (QED) is 0.315. The molecule has 0 bridgehead atoms. The van der Waals surface area contributed by atoms with Crippen molar-refractivity contribution in [2.75, 3.05) is 43.4 Å². The Morgan fingerprint density at radius 2 is 1.91 bits per heavy atom. The first-order chi connectivity index (χ1) is 20.7. The minimum Gasteiger partial charge on any atom is -0.352 e. The van der Waals surface area contributed by atoms with Crippen molar-refractivity contribution in [3.05, 3.63) is 58.9 Å². The summed E-state index contributed by atoms with van der Waals surface area (Å²) in [4.78, 5) is 38.9.